The molecule has 136 valence electrons. The van der Waals surface area contributed by atoms with Gasteiger partial charge in [0, 0.05) is 12.6 Å². The topological polar surface area (TPSA) is 41.5 Å². The Labute approximate surface area is 147 Å². The lowest BCUT2D eigenvalue weighted by atomic mass is 10.0. The normalized spacial score (nSPS) is 17.3. The van der Waals surface area contributed by atoms with E-state index in [1.54, 1.807) is 0 Å². The summed E-state index contributed by atoms with van der Waals surface area (Å²) in [6.07, 6.45) is 11.9. The number of unbranched alkanes of at least 4 members (excludes halogenated alkanes) is 4. The van der Waals surface area contributed by atoms with Gasteiger partial charge in [0.1, 0.15) is 5.75 Å². The standard InChI is InChI=1S/C21H35NO2/c1-2-3-4-5-6-15-24-21-12-11-19-16-20(22-13-8-14-23)10-7-9-18(19)17-21/h11-12,17,20,22-23H,2-10,13-16H2,1H3. The molecule has 1 aromatic rings. The number of ether oxygens (including phenoxy) is 1. The van der Waals surface area contributed by atoms with Gasteiger partial charge in [-0.3, -0.25) is 0 Å². The third-order valence-electron chi connectivity index (χ3n) is 4.93. The van der Waals surface area contributed by atoms with Gasteiger partial charge in [-0.15, -0.1) is 0 Å². The molecule has 1 atom stereocenters. The van der Waals surface area contributed by atoms with E-state index in [2.05, 4.69) is 30.4 Å². The maximum absolute atomic E-state index is 8.92. The lowest BCUT2D eigenvalue weighted by molar-refractivity contribution is 0.282. The van der Waals surface area contributed by atoms with Crippen molar-refractivity contribution in [2.45, 2.75) is 77.2 Å². The Bertz CT molecular complexity index is 461. The summed E-state index contributed by atoms with van der Waals surface area (Å²) >= 11 is 0. The van der Waals surface area contributed by atoms with Gasteiger partial charge in [-0.05, 0) is 68.3 Å². The molecule has 0 fully saturated rings. The molecule has 3 nitrogen and oxygen atoms in total. The van der Waals surface area contributed by atoms with Crippen molar-refractivity contribution >= 4 is 0 Å². The predicted octanol–water partition coefficient (Wildman–Crippen LogP) is 4.26. The number of aliphatic hydroxyl groups excluding tert-OH is 1. The van der Waals surface area contributed by atoms with Gasteiger partial charge in [0.25, 0.3) is 0 Å². The summed E-state index contributed by atoms with van der Waals surface area (Å²) in [5, 5.41) is 12.5. The molecule has 0 amide bonds. The van der Waals surface area contributed by atoms with E-state index in [4.69, 9.17) is 9.84 Å². The van der Waals surface area contributed by atoms with Crippen molar-refractivity contribution in [3.05, 3.63) is 29.3 Å². The zero-order chi connectivity index (χ0) is 17.0. The van der Waals surface area contributed by atoms with Gasteiger partial charge in [-0.2, -0.15) is 0 Å². The lowest BCUT2D eigenvalue weighted by Gasteiger charge is -2.17. The summed E-state index contributed by atoms with van der Waals surface area (Å²) < 4.78 is 5.96. The Hall–Kier alpha value is -1.06. The number of nitrogens with one attached hydrogen (secondary N) is 1. The van der Waals surface area contributed by atoms with Crippen LogP contribution >= 0.6 is 0 Å². The number of hydrogen-bond acceptors (Lipinski definition) is 3. The van der Waals surface area contributed by atoms with Crippen molar-refractivity contribution in [1.29, 1.82) is 0 Å². The second-order valence-electron chi connectivity index (χ2n) is 7.02. The van der Waals surface area contributed by atoms with Gasteiger partial charge >= 0.3 is 0 Å². The minimum absolute atomic E-state index is 0.273. The first-order valence-electron chi connectivity index (χ1n) is 9.92. The highest BCUT2D eigenvalue weighted by Gasteiger charge is 2.16. The van der Waals surface area contributed by atoms with Crippen molar-refractivity contribution in [2.24, 2.45) is 0 Å². The number of rotatable bonds is 11. The minimum atomic E-state index is 0.273. The maximum atomic E-state index is 8.92. The highest BCUT2D eigenvalue weighted by Crippen LogP contribution is 2.25. The Morgan fingerprint density at radius 1 is 1.12 bits per heavy atom. The predicted molar refractivity (Wildman–Crippen MR) is 101 cm³/mol. The Morgan fingerprint density at radius 2 is 2.00 bits per heavy atom. The average Bonchev–Trinajstić information content (AvgIpc) is 2.80. The molecule has 1 aromatic carbocycles. The summed E-state index contributed by atoms with van der Waals surface area (Å²) in [7, 11) is 0. The molecule has 0 radical (unpaired) electrons. The largest absolute Gasteiger partial charge is 0.494 e. The van der Waals surface area contributed by atoms with Crippen molar-refractivity contribution in [3.8, 4) is 5.75 Å². The third kappa shape index (κ3) is 6.82. The van der Waals surface area contributed by atoms with E-state index in [1.165, 1.54) is 49.7 Å². The first-order chi connectivity index (χ1) is 11.8. The monoisotopic (exact) mass is 333 g/mol. The van der Waals surface area contributed by atoms with Crippen LogP contribution in [0, 0.1) is 0 Å². The van der Waals surface area contributed by atoms with Crippen LogP contribution in [0.5, 0.6) is 5.75 Å². The molecule has 0 saturated heterocycles. The smallest absolute Gasteiger partial charge is 0.119 e. The van der Waals surface area contributed by atoms with E-state index < -0.39 is 0 Å². The first kappa shape index (κ1) is 19.3. The zero-order valence-electron chi connectivity index (χ0n) is 15.4. The summed E-state index contributed by atoms with van der Waals surface area (Å²) in [6, 6.07) is 7.20. The lowest BCUT2D eigenvalue weighted by Crippen LogP contribution is -2.31. The minimum Gasteiger partial charge on any atom is -0.494 e. The molecule has 1 unspecified atom stereocenters. The van der Waals surface area contributed by atoms with E-state index in [0.29, 0.717) is 6.04 Å². The highest BCUT2D eigenvalue weighted by molar-refractivity contribution is 5.37. The molecule has 3 heteroatoms. The fourth-order valence-electron chi connectivity index (χ4n) is 3.49. The maximum Gasteiger partial charge on any atom is 0.119 e. The Balaban J connectivity index is 1.79. The molecule has 2 rings (SSSR count). The highest BCUT2D eigenvalue weighted by atomic mass is 16.5. The summed E-state index contributed by atoms with van der Waals surface area (Å²) in [5.74, 6) is 1.04. The van der Waals surface area contributed by atoms with Gasteiger partial charge in [-0.25, -0.2) is 0 Å². The third-order valence-corrected chi connectivity index (χ3v) is 4.93. The fourth-order valence-corrected chi connectivity index (χ4v) is 3.49. The van der Waals surface area contributed by atoms with Crippen LogP contribution in [0.2, 0.25) is 0 Å². The van der Waals surface area contributed by atoms with Crippen LogP contribution in [-0.4, -0.2) is 30.9 Å². The second kappa shape index (κ2) is 11.5. The average molecular weight is 334 g/mol. The van der Waals surface area contributed by atoms with Crippen molar-refractivity contribution in [1.82, 2.24) is 5.32 Å². The van der Waals surface area contributed by atoms with Gasteiger partial charge < -0.3 is 15.2 Å². The summed E-state index contributed by atoms with van der Waals surface area (Å²) in [5.41, 5.74) is 2.93. The van der Waals surface area contributed by atoms with Crippen LogP contribution in [0.3, 0.4) is 0 Å². The molecular weight excluding hydrogens is 298 g/mol. The number of hydrogen-bond donors (Lipinski definition) is 2. The molecule has 24 heavy (non-hydrogen) atoms. The number of aryl methyl sites for hydroxylation is 1. The number of benzene rings is 1. The molecule has 0 saturated carbocycles. The molecule has 1 aliphatic rings. The SMILES string of the molecule is CCCCCCCOc1ccc2c(c1)CCCC(NCCCO)C2. The quantitative estimate of drug-likeness (QED) is 0.470. The van der Waals surface area contributed by atoms with Gasteiger partial charge in [0.15, 0.2) is 0 Å². The van der Waals surface area contributed by atoms with Crippen LogP contribution in [0.1, 0.15) is 69.4 Å². The van der Waals surface area contributed by atoms with Crippen molar-refractivity contribution in [3.63, 3.8) is 0 Å². The molecule has 0 aliphatic heterocycles. The van der Waals surface area contributed by atoms with E-state index >= 15 is 0 Å². The molecule has 0 spiro atoms. The number of aliphatic hydroxyl groups is 1. The van der Waals surface area contributed by atoms with Gasteiger partial charge in [-0.1, -0.05) is 38.7 Å². The van der Waals surface area contributed by atoms with Gasteiger partial charge in [0.05, 0.1) is 6.61 Å². The molecule has 0 heterocycles. The first-order valence-corrected chi connectivity index (χ1v) is 9.92. The molecule has 1 aliphatic carbocycles. The summed E-state index contributed by atoms with van der Waals surface area (Å²) in [6.45, 7) is 4.28. The Kier molecular flexibility index (Phi) is 9.22. The molecule has 0 bridgehead atoms. The van der Waals surface area contributed by atoms with Crippen LogP contribution in [0.25, 0.3) is 0 Å². The molecule has 2 N–H and O–H groups in total. The van der Waals surface area contributed by atoms with E-state index in [-0.39, 0.29) is 6.61 Å². The summed E-state index contributed by atoms with van der Waals surface area (Å²) in [4.78, 5) is 0. The van der Waals surface area contributed by atoms with Crippen LogP contribution < -0.4 is 10.1 Å². The van der Waals surface area contributed by atoms with Crippen LogP contribution in [0.4, 0.5) is 0 Å². The van der Waals surface area contributed by atoms with Gasteiger partial charge in [0.2, 0.25) is 0 Å². The van der Waals surface area contributed by atoms with E-state index in [0.717, 1.165) is 44.6 Å². The molecule has 0 aromatic heterocycles. The van der Waals surface area contributed by atoms with Crippen LogP contribution in [-0.2, 0) is 12.8 Å². The number of fused-ring (bicyclic) bond motifs is 1. The van der Waals surface area contributed by atoms with Crippen molar-refractivity contribution < 1.29 is 9.84 Å². The van der Waals surface area contributed by atoms with Crippen LogP contribution in [0.15, 0.2) is 18.2 Å². The van der Waals surface area contributed by atoms with E-state index in [1.807, 2.05) is 0 Å². The Morgan fingerprint density at radius 3 is 2.83 bits per heavy atom. The fraction of sp³-hybridized carbons (Fsp3) is 0.714. The molecular formula is C21H35NO2. The second-order valence-corrected chi connectivity index (χ2v) is 7.02. The van der Waals surface area contributed by atoms with E-state index in [9.17, 15) is 0 Å². The van der Waals surface area contributed by atoms with Crippen molar-refractivity contribution in [2.75, 3.05) is 19.8 Å². The zero-order valence-corrected chi connectivity index (χ0v) is 15.4.